The summed E-state index contributed by atoms with van der Waals surface area (Å²) in [5.74, 6) is 0.475. The number of rotatable bonds is 4. The highest BCUT2D eigenvalue weighted by molar-refractivity contribution is 5.74. The molecule has 2 fully saturated rings. The molecule has 23 heavy (non-hydrogen) atoms. The van der Waals surface area contributed by atoms with Crippen molar-refractivity contribution in [2.45, 2.75) is 43.7 Å². The van der Waals surface area contributed by atoms with Crippen LogP contribution in [0.1, 0.15) is 31.7 Å². The molecular weight excluding hydrogens is 288 g/mol. The zero-order valence-electron chi connectivity index (χ0n) is 13.8. The summed E-state index contributed by atoms with van der Waals surface area (Å²) in [6.45, 7) is 4.75. The van der Waals surface area contributed by atoms with Crippen LogP contribution in [-0.2, 0) is 5.41 Å². The molecule has 2 atom stereocenters. The van der Waals surface area contributed by atoms with Gasteiger partial charge >= 0.3 is 6.03 Å². The number of carbonyl (C=O) groups excluding carboxylic acids is 1. The van der Waals surface area contributed by atoms with E-state index in [1.54, 1.807) is 0 Å². The maximum atomic E-state index is 12.2. The van der Waals surface area contributed by atoms with Gasteiger partial charge in [0.1, 0.15) is 0 Å². The molecular formula is C18H28N4O. The summed E-state index contributed by atoms with van der Waals surface area (Å²) >= 11 is 0. The van der Waals surface area contributed by atoms with E-state index in [1.165, 1.54) is 5.56 Å². The lowest BCUT2D eigenvalue weighted by Gasteiger charge is -2.48. The van der Waals surface area contributed by atoms with Crippen LogP contribution in [0.4, 0.5) is 4.79 Å². The van der Waals surface area contributed by atoms with Crippen LogP contribution in [0.2, 0.25) is 0 Å². The van der Waals surface area contributed by atoms with Crippen molar-refractivity contribution in [2.75, 3.05) is 19.6 Å². The Balaban J connectivity index is 1.50. The van der Waals surface area contributed by atoms with Crippen LogP contribution in [0.25, 0.3) is 0 Å². The van der Waals surface area contributed by atoms with Gasteiger partial charge in [-0.1, -0.05) is 37.3 Å². The van der Waals surface area contributed by atoms with Crippen molar-refractivity contribution in [1.29, 1.82) is 0 Å². The molecule has 0 aromatic heterocycles. The molecule has 3 rings (SSSR count). The molecule has 1 aromatic carbocycles. The molecule has 1 aromatic rings. The molecule has 1 saturated carbocycles. The quantitative estimate of drug-likeness (QED) is 0.677. The first-order chi connectivity index (χ1) is 11.1. The molecule has 1 aliphatic carbocycles. The fourth-order valence-corrected chi connectivity index (χ4v) is 3.92. The van der Waals surface area contributed by atoms with Gasteiger partial charge in [0.05, 0.1) is 0 Å². The zero-order valence-corrected chi connectivity index (χ0v) is 13.8. The summed E-state index contributed by atoms with van der Waals surface area (Å²) in [4.78, 5) is 12.2. The Morgan fingerprint density at radius 3 is 2.70 bits per heavy atom. The third kappa shape index (κ3) is 3.51. The fourth-order valence-electron chi connectivity index (χ4n) is 3.92. The van der Waals surface area contributed by atoms with Crippen LogP contribution in [-0.4, -0.2) is 37.7 Å². The Morgan fingerprint density at radius 2 is 2.04 bits per heavy atom. The minimum absolute atomic E-state index is 0.0290. The second kappa shape index (κ2) is 6.89. The van der Waals surface area contributed by atoms with Gasteiger partial charge in [0.15, 0.2) is 0 Å². The van der Waals surface area contributed by atoms with Crippen molar-refractivity contribution < 1.29 is 4.79 Å². The van der Waals surface area contributed by atoms with Crippen molar-refractivity contribution >= 4 is 6.03 Å². The molecule has 1 saturated heterocycles. The second-order valence-corrected chi connectivity index (χ2v) is 7.15. The molecule has 126 valence electrons. The minimum atomic E-state index is -0.0348. The van der Waals surface area contributed by atoms with Gasteiger partial charge in [0, 0.05) is 24.0 Å². The van der Waals surface area contributed by atoms with Crippen LogP contribution in [0.3, 0.4) is 0 Å². The van der Waals surface area contributed by atoms with Gasteiger partial charge in [0.25, 0.3) is 0 Å². The number of piperidine rings is 1. The Morgan fingerprint density at radius 1 is 1.30 bits per heavy atom. The summed E-state index contributed by atoms with van der Waals surface area (Å²) < 4.78 is 0. The van der Waals surface area contributed by atoms with E-state index in [2.05, 4.69) is 47.1 Å². The van der Waals surface area contributed by atoms with Crippen molar-refractivity contribution in [3.05, 3.63) is 35.9 Å². The van der Waals surface area contributed by atoms with E-state index in [0.717, 1.165) is 32.4 Å². The summed E-state index contributed by atoms with van der Waals surface area (Å²) in [5, 5.41) is 9.60. The minimum Gasteiger partial charge on any atom is -0.335 e. The number of carbonyl (C=O) groups is 1. The first kappa shape index (κ1) is 16.3. The average molecular weight is 316 g/mol. The van der Waals surface area contributed by atoms with Gasteiger partial charge in [-0.25, -0.2) is 4.79 Å². The van der Waals surface area contributed by atoms with Gasteiger partial charge < -0.3 is 21.7 Å². The highest BCUT2D eigenvalue weighted by Gasteiger charge is 2.45. The van der Waals surface area contributed by atoms with Gasteiger partial charge in [-0.3, -0.25) is 0 Å². The van der Waals surface area contributed by atoms with E-state index in [0.29, 0.717) is 12.5 Å². The Hall–Kier alpha value is -1.59. The topological polar surface area (TPSA) is 79.2 Å². The predicted molar refractivity (Wildman–Crippen MR) is 92.3 cm³/mol. The van der Waals surface area contributed by atoms with Crippen molar-refractivity contribution in [3.8, 4) is 0 Å². The standard InChI is InChI=1S/C18H28N4O/c1-13-11-20-8-7-16(13)22-17(23)21-15-9-18(10-15,12-19)14-5-3-2-4-6-14/h2-6,13,15-16,20H,7-12,19H2,1H3,(H2,21,22,23). The van der Waals surface area contributed by atoms with E-state index in [1.807, 2.05) is 6.07 Å². The highest BCUT2D eigenvalue weighted by atomic mass is 16.2. The maximum Gasteiger partial charge on any atom is 0.315 e. The lowest BCUT2D eigenvalue weighted by molar-refractivity contribution is 0.169. The molecule has 0 bridgehead atoms. The average Bonchev–Trinajstić information content (AvgIpc) is 2.53. The molecule has 5 nitrogen and oxygen atoms in total. The first-order valence-electron chi connectivity index (χ1n) is 8.66. The van der Waals surface area contributed by atoms with Gasteiger partial charge in [-0.05, 0) is 43.8 Å². The van der Waals surface area contributed by atoms with E-state index < -0.39 is 0 Å². The Labute approximate surface area is 138 Å². The van der Waals surface area contributed by atoms with Crippen LogP contribution in [0.5, 0.6) is 0 Å². The largest absolute Gasteiger partial charge is 0.335 e. The van der Waals surface area contributed by atoms with Crippen LogP contribution < -0.4 is 21.7 Å². The summed E-state index contributed by atoms with van der Waals surface area (Å²) in [5.41, 5.74) is 7.34. The molecule has 0 radical (unpaired) electrons. The molecule has 1 heterocycles. The van der Waals surface area contributed by atoms with Gasteiger partial charge in [-0.15, -0.1) is 0 Å². The van der Waals surface area contributed by atoms with E-state index in [9.17, 15) is 4.79 Å². The number of nitrogens with one attached hydrogen (secondary N) is 3. The number of benzene rings is 1. The highest BCUT2D eigenvalue weighted by Crippen LogP contribution is 2.42. The Bertz CT molecular complexity index is 527. The summed E-state index contributed by atoms with van der Waals surface area (Å²) in [6, 6.07) is 10.9. The zero-order chi connectivity index (χ0) is 16.3. The number of amides is 2. The summed E-state index contributed by atoms with van der Waals surface area (Å²) in [7, 11) is 0. The van der Waals surface area contributed by atoms with Crippen molar-refractivity contribution in [1.82, 2.24) is 16.0 Å². The predicted octanol–water partition coefficient (Wildman–Crippen LogP) is 1.34. The molecule has 1 aliphatic heterocycles. The van der Waals surface area contributed by atoms with Crippen LogP contribution in [0, 0.1) is 5.92 Å². The molecule has 2 amide bonds. The Kier molecular flexibility index (Phi) is 4.87. The number of hydrogen-bond donors (Lipinski definition) is 4. The smallest absolute Gasteiger partial charge is 0.315 e. The first-order valence-corrected chi connectivity index (χ1v) is 8.66. The second-order valence-electron chi connectivity index (χ2n) is 7.15. The number of urea groups is 1. The lowest BCUT2D eigenvalue weighted by atomic mass is 9.61. The lowest BCUT2D eigenvalue weighted by Crippen LogP contribution is -2.59. The van der Waals surface area contributed by atoms with E-state index in [-0.39, 0.29) is 23.5 Å². The van der Waals surface area contributed by atoms with E-state index in [4.69, 9.17) is 5.73 Å². The van der Waals surface area contributed by atoms with Crippen molar-refractivity contribution in [2.24, 2.45) is 11.7 Å². The maximum absolute atomic E-state index is 12.2. The van der Waals surface area contributed by atoms with Gasteiger partial charge in [0.2, 0.25) is 0 Å². The normalized spacial score (nSPS) is 33.6. The van der Waals surface area contributed by atoms with Crippen molar-refractivity contribution in [3.63, 3.8) is 0 Å². The number of hydrogen-bond acceptors (Lipinski definition) is 3. The molecule has 2 unspecified atom stereocenters. The SMILES string of the molecule is CC1CNCCC1NC(=O)NC1CC(CN)(c2ccccc2)C1. The monoisotopic (exact) mass is 316 g/mol. The summed E-state index contributed by atoms with van der Waals surface area (Å²) in [6.07, 6.45) is 2.83. The van der Waals surface area contributed by atoms with E-state index >= 15 is 0 Å². The third-order valence-electron chi connectivity index (χ3n) is 5.49. The third-order valence-corrected chi connectivity index (χ3v) is 5.49. The fraction of sp³-hybridized carbons (Fsp3) is 0.611. The van der Waals surface area contributed by atoms with Crippen LogP contribution in [0.15, 0.2) is 30.3 Å². The molecule has 5 heteroatoms. The molecule has 2 aliphatic rings. The van der Waals surface area contributed by atoms with Crippen LogP contribution >= 0.6 is 0 Å². The van der Waals surface area contributed by atoms with Gasteiger partial charge in [-0.2, -0.15) is 0 Å². The molecule has 0 spiro atoms. The number of nitrogens with two attached hydrogens (primary N) is 1. The molecule has 5 N–H and O–H groups in total.